The van der Waals surface area contributed by atoms with E-state index in [1.807, 2.05) is 12.1 Å². The zero-order valence-electron chi connectivity index (χ0n) is 9.46. The minimum atomic E-state index is -1.37. The van der Waals surface area contributed by atoms with Crippen molar-refractivity contribution in [2.75, 3.05) is 5.73 Å². The summed E-state index contributed by atoms with van der Waals surface area (Å²) in [6.07, 6.45) is 0. The third kappa shape index (κ3) is 3.78. The Kier molecular flexibility index (Phi) is 3.56. The molecule has 15 heavy (non-hydrogen) atoms. The van der Waals surface area contributed by atoms with Crippen LogP contribution < -0.4 is 5.73 Å². The summed E-state index contributed by atoms with van der Waals surface area (Å²) in [5, 5.41) is 9.00. The van der Waals surface area contributed by atoms with E-state index < -0.39 is 8.07 Å². The van der Waals surface area contributed by atoms with Crippen molar-refractivity contribution in [1.29, 1.82) is 0 Å². The monoisotopic (exact) mass is 219 g/mol. The molecule has 0 unspecified atom stereocenters. The molecule has 0 fully saturated rings. The smallest absolute Gasteiger partial charge is 0.129 e. The predicted molar refractivity (Wildman–Crippen MR) is 67.0 cm³/mol. The first-order valence-corrected chi connectivity index (χ1v) is 8.45. The first-order valence-electron chi connectivity index (χ1n) is 4.95. The Balaban J connectivity index is 3.07. The van der Waals surface area contributed by atoms with Gasteiger partial charge in [-0.2, -0.15) is 0 Å². The zero-order valence-corrected chi connectivity index (χ0v) is 10.5. The van der Waals surface area contributed by atoms with Crippen LogP contribution in [0.3, 0.4) is 0 Å². The number of aliphatic hydroxyl groups is 1. The number of nitrogen functional groups attached to an aromatic ring is 1. The quantitative estimate of drug-likeness (QED) is 0.431. The van der Waals surface area contributed by atoms with Gasteiger partial charge in [-0.15, -0.1) is 5.54 Å². The Morgan fingerprint density at radius 2 is 2.00 bits per heavy atom. The Hall–Kier alpha value is -1.24. The topological polar surface area (TPSA) is 46.2 Å². The summed E-state index contributed by atoms with van der Waals surface area (Å²) in [5.41, 5.74) is 11.4. The molecule has 3 heteroatoms. The van der Waals surface area contributed by atoms with Crippen molar-refractivity contribution in [3.63, 3.8) is 0 Å². The molecular formula is C12H17NOSi. The largest absolute Gasteiger partial charge is 0.398 e. The lowest BCUT2D eigenvalue weighted by Crippen LogP contribution is -2.16. The second-order valence-corrected chi connectivity index (χ2v) is 9.33. The van der Waals surface area contributed by atoms with Gasteiger partial charge < -0.3 is 10.8 Å². The zero-order chi connectivity index (χ0) is 11.5. The van der Waals surface area contributed by atoms with Gasteiger partial charge in [-0.1, -0.05) is 31.6 Å². The molecule has 1 rings (SSSR count). The summed E-state index contributed by atoms with van der Waals surface area (Å²) < 4.78 is 0. The molecule has 0 spiro atoms. The van der Waals surface area contributed by atoms with E-state index in [0.29, 0.717) is 5.69 Å². The molecule has 0 amide bonds. The Morgan fingerprint density at radius 1 is 1.33 bits per heavy atom. The lowest BCUT2D eigenvalue weighted by molar-refractivity contribution is 0.282. The number of hydrogen-bond acceptors (Lipinski definition) is 2. The third-order valence-corrected chi connectivity index (χ3v) is 2.75. The minimum Gasteiger partial charge on any atom is -0.398 e. The van der Waals surface area contributed by atoms with Crippen LogP contribution in [-0.2, 0) is 6.61 Å². The van der Waals surface area contributed by atoms with E-state index in [0.717, 1.165) is 11.1 Å². The summed E-state index contributed by atoms with van der Waals surface area (Å²) in [6.45, 7) is 6.59. The highest BCUT2D eigenvalue weighted by Gasteiger charge is 2.08. The van der Waals surface area contributed by atoms with Gasteiger partial charge in [-0.3, -0.25) is 0 Å². The molecule has 1 aromatic carbocycles. The van der Waals surface area contributed by atoms with Gasteiger partial charge in [-0.05, 0) is 17.7 Å². The maximum Gasteiger partial charge on any atom is 0.129 e. The van der Waals surface area contributed by atoms with E-state index in [9.17, 15) is 0 Å². The molecule has 0 heterocycles. The van der Waals surface area contributed by atoms with E-state index in [4.69, 9.17) is 10.8 Å². The number of aliphatic hydroxyl groups excluding tert-OH is 1. The molecule has 0 saturated heterocycles. The summed E-state index contributed by atoms with van der Waals surface area (Å²) in [6, 6.07) is 5.46. The van der Waals surface area contributed by atoms with Crippen LogP contribution >= 0.6 is 0 Å². The van der Waals surface area contributed by atoms with Crippen LogP contribution in [0.25, 0.3) is 0 Å². The van der Waals surface area contributed by atoms with E-state index >= 15 is 0 Å². The molecule has 80 valence electrons. The molecule has 0 bridgehead atoms. The molecule has 0 aliphatic heterocycles. The summed E-state index contributed by atoms with van der Waals surface area (Å²) >= 11 is 0. The van der Waals surface area contributed by atoms with E-state index in [-0.39, 0.29) is 6.61 Å². The van der Waals surface area contributed by atoms with Crippen molar-refractivity contribution in [3.05, 3.63) is 29.3 Å². The first kappa shape index (κ1) is 11.8. The maximum absolute atomic E-state index is 9.00. The van der Waals surface area contributed by atoms with E-state index in [1.54, 1.807) is 6.07 Å². The summed E-state index contributed by atoms with van der Waals surface area (Å²) in [5.74, 6) is 3.10. The number of anilines is 1. The minimum absolute atomic E-state index is 0.0297. The van der Waals surface area contributed by atoms with E-state index in [1.165, 1.54) is 0 Å². The lowest BCUT2D eigenvalue weighted by atomic mass is 10.1. The Labute approximate surface area is 92.1 Å². The molecule has 2 nitrogen and oxygen atoms in total. The first-order chi connectivity index (χ1) is 6.92. The van der Waals surface area contributed by atoms with Crippen LogP contribution in [0.4, 0.5) is 5.69 Å². The molecule has 0 saturated carbocycles. The SMILES string of the molecule is C[Si](C)(C)C#Cc1cc(CO)ccc1N. The van der Waals surface area contributed by atoms with Gasteiger partial charge in [0.05, 0.1) is 6.61 Å². The Bertz CT molecular complexity index is 410. The second kappa shape index (κ2) is 4.52. The Morgan fingerprint density at radius 3 is 2.53 bits per heavy atom. The third-order valence-electron chi connectivity index (χ3n) is 1.87. The van der Waals surface area contributed by atoms with Gasteiger partial charge in [0, 0.05) is 11.3 Å². The average Bonchev–Trinajstić information content (AvgIpc) is 2.15. The molecule has 1 aromatic rings. The maximum atomic E-state index is 9.00. The predicted octanol–water partition coefficient (Wildman–Crippen LogP) is 1.99. The fourth-order valence-corrected chi connectivity index (χ4v) is 1.57. The number of rotatable bonds is 1. The van der Waals surface area contributed by atoms with Crippen LogP contribution in [0.1, 0.15) is 11.1 Å². The van der Waals surface area contributed by atoms with Crippen molar-refractivity contribution in [1.82, 2.24) is 0 Å². The number of hydrogen-bond donors (Lipinski definition) is 2. The second-order valence-electron chi connectivity index (χ2n) is 4.58. The van der Waals surface area contributed by atoms with Crippen LogP contribution in [0.5, 0.6) is 0 Å². The summed E-state index contributed by atoms with van der Waals surface area (Å²) in [7, 11) is -1.37. The van der Waals surface area contributed by atoms with Crippen molar-refractivity contribution >= 4 is 13.8 Å². The van der Waals surface area contributed by atoms with Gasteiger partial charge in [0.25, 0.3) is 0 Å². The van der Waals surface area contributed by atoms with Gasteiger partial charge in [0.2, 0.25) is 0 Å². The fraction of sp³-hybridized carbons (Fsp3) is 0.333. The van der Waals surface area contributed by atoms with E-state index in [2.05, 4.69) is 31.1 Å². The highest BCUT2D eigenvalue weighted by molar-refractivity contribution is 6.83. The van der Waals surface area contributed by atoms with Gasteiger partial charge in [-0.25, -0.2) is 0 Å². The number of benzene rings is 1. The van der Waals surface area contributed by atoms with Crippen LogP contribution in [0.2, 0.25) is 19.6 Å². The van der Waals surface area contributed by atoms with Crippen molar-refractivity contribution < 1.29 is 5.11 Å². The van der Waals surface area contributed by atoms with Crippen LogP contribution in [0.15, 0.2) is 18.2 Å². The van der Waals surface area contributed by atoms with Gasteiger partial charge in [0.1, 0.15) is 8.07 Å². The molecule has 3 N–H and O–H groups in total. The highest BCUT2D eigenvalue weighted by atomic mass is 28.3. The number of nitrogens with two attached hydrogens (primary N) is 1. The van der Waals surface area contributed by atoms with Gasteiger partial charge in [0.15, 0.2) is 0 Å². The molecule has 0 aromatic heterocycles. The standard InChI is InChI=1S/C12H17NOSi/c1-15(2,3)7-6-11-8-10(9-14)4-5-12(11)13/h4-5,8,14H,9,13H2,1-3H3. The van der Waals surface area contributed by atoms with Crippen LogP contribution in [0, 0.1) is 11.5 Å². The van der Waals surface area contributed by atoms with Crippen molar-refractivity contribution in [2.45, 2.75) is 26.2 Å². The van der Waals surface area contributed by atoms with Crippen molar-refractivity contribution in [2.24, 2.45) is 0 Å². The van der Waals surface area contributed by atoms with Gasteiger partial charge >= 0.3 is 0 Å². The molecule has 0 atom stereocenters. The van der Waals surface area contributed by atoms with Crippen molar-refractivity contribution in [3.8, 4) is 11.5 Å². The molecular weight excluding hydrogens is 202 g/mol. The molecule has 0 aliphatic carbocycles. The highest BCUT2D eigenvalue weighted by Crippen LogP contribution is 2.13. The molecule has 0 radical (unpaired) electrons. The lowest BCUT2D eigenvalue weighted by Gasteiger charge is -2.05. The summed E-state index contributed by atoms with van der Waals surface area (Å²) in [4.78, 5) is 0. The average molecular weight is 219 g/mol. The fourth-order valence-electron chi connectivity index (χ4n) is 1.06. The normalized spacial score (nSPS) is 10.7. The molecule has 0 aliphatic rings. The van der Waals surface area contributed by atoms with Crippen LogP contribution in [-0.4, -0.2) is 13.2 Å².